The summed E-state index contributed by atoms with van der Waals surface area (Å²) in [6, 6.07) is 2.18. The van der Waals surface area contributed by atoms with E-state index in [4.69, 9.17) is 10.2 Å². The van der Waals surface area contributed by atoms with Crippen molar-refractivity contribution in [2.75, 3.05) is 6.54 Å². The number of aryl methyl sites for hydroxylation is 2. The van der Waals surface area contributed by atoms with Crippen LogP contribution in [0.1, 0.15) is 37.0 Å². The second kappa shape index (κ2) is 5.16. The van der Waals surface area contributed by atoms with Crippen LogP contribution in [0.15, 0.2) is 10.5 Å². The van der Waals surface area contributed by atoms with Crippen LogP contribution in [0.25, 0.3) is 0 Å². The van der Waals surface area contributed by atoms with Crippen molar-refractivity contribution in [2.24, 2.45) is 11.7 Å². The Kier molecular flexibility index (Phi) is 4.12. The van der Waals surface area contributed by atoms with Crippen LogP contribution in [0.2, 0.25) is 0 Å². The molecule has 2 atom stereocenters. The fraction of sp³-hybridized carbons (Fsp3) is 0.583. The van der Waals surface area contributed by atoms with E-state index in [0.717, 1.165) is 17.1 Å². The van der Waals surface area contributed by atoms with Crippen LogP contribution in [0, 0.1) is 19.8 Å². The van der Waals surface area contributed by atoms with Gasteiger partial charge in [0.1, 0.15) is 11.5 Å². The van der Waals surface area contributed by atoms with Gasteiger partial charge in [0.05, 0.1) is 0 Å². The molecule has 1 heterocycles. The van der Waals surface area contributed by atoms with Crippen molar-refractivity contribution in [1.29, 1.82) is 0 Å². The van der Waals surface area contributed by atoms with Gasteiger partial charge in [-0.15, -0.1) is 0 Å². The number of nitrogens with two attached hydrogens (primary N) is 1. The van der Waals surface area contributed by atoms with Gasteiger partial charge in [-0.05, 0) is 26.8 Å². The monoisotopic (exact) mass is 224 g/mol. The van der Waals surface area contributed by atoms with Gasteiger partial charge in [0.15, 0.2) is 0 Å². The number of rotatable bonds is 5. The lowest BCUT2D eigenvalue weighted by Gasteiger charge is -2.15. The van der Waals surface area contributed by atoms with E-state index in [-0.39, 0.29) is 17.9 Å². The Balaban J connectivity index is 2.56. The summed E-state index contributed by atoms with van der Waals surface area (Å²) in [6.45, 7) is 8.31. The first-order valence-corrected chi connectivity index (χ1v) is 5.51. The van der Waals surface area contributed by atoms with Crippen LogP contribution in [-0.4, -0.2) is 12.5 Å². The highest BCUT2D eigenvalue weighted by Crippen LogP contribution is 2.21. The summed E-state index contributed by atoms with van der Waals surface area (Å²) in [7, 11) is 0. The van der Waals surface area contributed by atoms with Crippen LogP contribution in [0.3, 0.4) is 0 Å². The van der Waals surface area contributed by atoms with Crippen molar-refractivity contribution in [3.63, 3.8) is 0 Å². The molecule has 0 fully saturated rings. The average molecular weight is 224 g/mol. The molecule has 4 nitrogen and oxygen atoms in total. The molecule has 0 bridgehead atoms. The highest BCUT2D eigenvalue weighted by atomic mass is 16.3. The zero-order chi connectivity index (χ0) is 12.3. The molecule has 1 rings (SSSR count). The van der Waals surface area contributed by atoms with E-state index >= 15 is 0 Å². The van der Waals surface area contributed by atoms with E-state index in [0.29, 0.717) is 6.54 Å². The summed E-state index contributed by atoms with van der Waals surface area (Å²) in [5.74, 6) is 1.39. The fourth-order valence-electron chi connectivity index (χ4n) is 1.64. The summed E-state index contributed by atoms with van der Waals surface area (Å²) in [4.78, 5) is 10.9. The SMILES string of the molecule is Cc1cc(C(C)NCC(C)C(N)=O)c(C)o1. The van der Waals surface area contributed by atoms with Gasteiger partial charge in [0.2, 0.25) is 5.91 Å². The van der Waals surface area contributed by atoms with Crippen LogP contribution < -0.4 is 11.1 Å². The van der Waals surface area contributed by atoms with Gasteiger partial charge in [0.25, 0.3) is 0 Å². The van der Waals surface area contributed by atoms with Gasteiger partial charge in [-0.1, -0.05) is 6.92 Å². The Labute approximate surface area is 96.2 Å². The number of nitrogens with one attached hydrogen (secondary N) is 1. The van der Waals surface area contributed by atoms with E-state index in [2.05, 4.69) is 5.32 Å². The van der Waals surface area contributed by atoms with Crippen molar-refractivity contribution in [2.45, 2.75) is 33.7 Å². The highest BCUT2D eigenvalue weighted by molar-refractivity contribution is 5.76. The molecule has 0 spiro atoms. The Bertz CT molecular complexity index is 371. The third-order valence-electron chi connectivity index (χ3n) is 2.76. The number of amides is 1. The first kappa shape index (κ1) is 12.8. The van der Waals surface area contributed by atoms with Gasteiger partial charge < -0.3 is 15.5 Å². The molecule has 2 unspecified atom stereocenters. The molecule has 16 heavy (non-hydrogen) atoms. The summed E-state index contributed by atoms with van der Waals surface area (Å²) >= 11 is 0. The van der Waals surface area contributed by atoms with Crippen LogP contribution in [0.4, 0.5) is 0 Å². The number of hydrogen-bond donors (Lipinski definition) is 2. The smallest absolute Gasteiger partial charge is 0.221 e. The molecular formula is C12H20N2O2. The van der Waals surface area contributed by atoms with Crippen LogP contribution in [-0.2, 0) is 4.79 Å². The Morgan fingerprint density at radius 3 is 2.56 bits per heavy atom. The van der Waals surface area contributed by atoms with E-state index in [9.17, 15) is 4.79 Å². The molecule has 0 aromatic carbocycles. The first-order valence-electron chi connectivity index (χ1n) is 5.51. The highest BCUT2D eigenvalue weighted by Gasteiger charge is 2.14. The first-order chi connectivity index (χ1) is 7.41. The molecular weight excluding hydrogens is 204 g/mol. The molecule has 0 saturated carbocycles. The molecule has 0 aliphatic rings. The van der Waals surface area contributed by atoms with Gasteiger partial charge >= 0.3 is 0 Å². The fourth-order valence-corrected chi connectivity index (χ4v) is 1.64. The quantitative estimate of drug-likeness (QED) is 0.799. The molecule has 0 radical (unpaired) electrons. The number of carbonyl (C=O) groups is 1. The third-order valence-corrected chi connectivity index (χ3v) is 2.76. The number of furan rings is 1. The minimum atomic E-state index is -0.278. The molecule has 0 aliphatic carbocycles. The molecule has 3 N–H and O–H groups in total. The van der Waals surface area contributed by atoms with E-state index < -0.39 is 0 Å². The van der Waals surface area contributed by atoms with Gasteiger partial charge in [-0.3, -0.25) is 4.79 Å². The Morgan fingerprint density at radius 2 is 2.12 bits per heavy atom. The maximum atomic E-state index is 10.9. The second-order valence-electron chi connectivity index (χ2n) is 4.30. The largest absolute Gasteiger partial charge is 0.466 e. The molecule has 1 aromatic rings. The lowest BCUT2D eigenvalue weighted by Crippen LogP contribution is -2.32. The standard InChI is InChI=1S/C12H20N2O2/c1-7(12(13)15)6-14-9(3)11-5-8(2)16-10(11)4/h5,7,9,14H,6H2,1-4H3,(H2,13,15). The molecule has 90 valence electrons. The Hall–Kier alpha value is -1.29. The van der Waals surface area contributed by atoms with Crippen molar-refractivity contribution in [3.8, 4) is 0 Å². The third kappa shape index (κ3) is 3.10. The lowest BCUT2D eigenvalue weighted by atomic mass is 10.1. The normalized spacial score (nSPS) is 14.8. The summed E-state index contributed by atoms with van der Waals surface area (Å²) in [6.07, 6.45) is 0. The van der Waals surface area contributed by atoms with E-state index in [1.54, 1.807) is 0 Å². The second-order valence-corrected chi connectivity index (χ2v) is 4.30. The molecule has 0 aliphatic heterocycles. The Morgan fingerprint density at radius 1 is 1.50 bits per heavy atom. The zero-order valence-electron chi connectivity index (χ0n) is 10.3. The van der Waals surface area contributed by atoms with Crippen molar-refractivity contribution >= 4 is 5.91 Å². The van der Waals surface area contributed by atoms with Gasteiger partial charge in [-0.2, -0.15) is 0 Å². The topological polar surface area (TPSA) is 68.3 Å². The summed E-state index contributed by atoms with van der Waals surface area (Å²) < 4.78 is 5.46. The molecule has 1 aromatic heterocycles. The number of carbonyl (C=O) groups excluding carboxylic acids is 1. The van der Waals surface area contributed by atoms with Crippen molar-refractivity contribution < 1.29 is 9.21 Å². The predicted molar refractivity (Wildman–Crippen MR) is 63.0 cm³/mol. The average Bonchev–Trinajstić information content (AvgIpc) is 2.53. The molecule has 0 saturated heterocycles. The molecule has 1 amide bonds. The summed E-state index contributed by atoms with van der Waals surface area (Å²) in [5, 5.41) is 3.27. The maximum absolute atomic E-state index is 10.9. The number of hydrogen-bond acceptors (Lipinski definition) is 3. The minimum absolute atomic E-state index is 0.157. The zero-order valence-corrected chi connectivity index (χ0v) is 10.3. The van der Waals surface area contributed by atoms with E-state index in [1.165, 1.54) is 0 Å². The van der Waals surface area contributed by atoms with Gasteiger partial charge in [-0.25, -0.2) is 0 Å². The van der Waals surface area contributed by atoms with Crippen molar-refractivity contribution in [1.82, 2.24) is 5.32 Å². The van der Waals surface area contributed by atoms with Crippen LogP contribution in [0.5, 0.6) is 0 Å². The van der Waals surface area contributed by atoms with Crippen LogP contribution >= 0.6 is 0 Å². The number of primary amides is 1. The molecule has 4 heteroatoms. The van der Waals surface area contributed by atoms with E-state index in [1.807, 2.05) is 33.8 Å². The predicted octanol–water partition coefficient (Wildman–Crippen LogP) is 1.67. The van der Waals surface area contributed by atoms with Gasteiger partial charge in [0, 0.05) is 24.1 Å². The minimum Gasteiger partial charge on any atom is -0.466 e. The maximum Gasteiger partial charge on any atom is 0.221 e. The summed E-state index contributed by atoms with van der Waals surface area (Å²) in [5.41, 5.74) is 6.33. The van der Waals surface area contributed by atoms with Crippen molar-refractivity contribution in [3.05, 3.63) is 23.2 Å². The lowest BCUT2D eigenvalue weighted by molar-refractivity contribution is -0.121.